The highest BCUT2D eigenvalue weighted by molar-refractivity contribution is 7.89. The molecule has 10 heteroatoms. The number of amides is 2. The molecule has 1 fully saturated rings. The maximum Gasteiger partial charge on any atom is 0.253 e. The van der Waals surface area contributed by atoms with Gasteiger partial charge >= 0.3 is 0 Å². The average molecular weight is 438 g/mol. The van der Waals surface area contributed by atoms with Crippen molar-refractivity contribution in [3.05, 3.63) is 52.2 Å². The van der Waals surface area contributed by atoms with E-state index in [1.165, 1.54) is 42.7 Å². The van der Waals surface area contributed by atoms with E-state index in [0.717, 1.165) is 4.88 Å². The highest BCUT2D eigenvalue weighted by atomic mass is 32.2. The maximum absolute atomic E-state index is 12.7. The molecule has 29 heavy (non-hydrogen) atoms. The van der Waals surface area contributed by atoms with E-state index in [-0.39, 0.29) is 29.9 Å². The van der Waals surface area contributed by atoms with Gasteiger partial charge in [-0.25, -0.2) is 13.1 Å². The summed E-state index contributed by atoms with van der Waals surface area (Å²) in [5, 5.41) is 1.89. The number of hydrogen-bond acceptors (Lipinski definition) is 6. The van der Waals surface area contributed by atoms with Crippen molar-refractivity contribution in [3.63, 3.8) is 0 Å². The molecule has 1 aliphatic heterocycles. The smallest absolute Gasteiger partial charge is 0.253 e. The lowest BCUT2D eigenvalue weighted by Crippen LogP contribution is -2.51. The van der Waals surface area contributed by atoms with Crippen molar-refractivity contribution in [2.45, 2.75) is 11.4 Å². The van der Waals surface area contributed by atoms with Crippen LogP contribution in [0.1, 0.15) is 15.2 Å². The Morgan fingerprint density at radius 2 is 1.72 bits per heavy atom. The maximum atomic E-state index is 12.7. The molecule has 1 aliphatic rings. The fourth-order valence-corrected chi connectivity index (χ4v) is 4.74. The Balaban J connectivity index is 1.58. The normalized spacial score (nSPS) is 14.8. The van der Waals surface area contributed by atoms with Gasteiger partial charge in [-0.15, -0.1) is 11.3 Å². The van der Waals surface area contributed by atoms with Crippen LogP contribution in [-0.2, 0) is 26.1 Å². The van der Waals surface area contributed by atoms with Crippen LogP contribution < -0.4 is 4.72 Å². The summed E-state index contributed by atoms with van der Waals surface area (Å²) >= 11 is 1.48. The van der Waals surface area contributed by atoms with Crippen LogP contribution in [0.3, 0.4) is 0 Å². The lowest BCUT2D eigenvalue weighted by molar-refractivity contribution is -0.136. The van der Waals surface area contributed by atoms with Gasteiger partial charge in [0.05, 0.1) is 4.90 Å². The second-order valence-corrected chi connectivity index (χ2v) is 9.33. The van der Waals surface area contributed by atoms with Gasteiger partial charge in [0.2, 0.25) is 15.9 Å². The highest BCUT2D eigenvalue weighted by Crippen LogP contribution is 2.15. The lowest BCUT2D eigenvalue weighted by atomic mass is 10.2. The molecule has 1 aromatic heterocycles. The van der Waals surface area contributed by atoms with Gasteiger partial charge in [-0.2, -0.15) is 0 Å². The summed E-state index contributed by atoms with van der Waals surface area (Å²) in [5.74, 6) is -0.274. The number of thiophene rings is 1. The van der Waals surface area contributed by atoms with Crippen LogP contribution in [0.25, 0.3) is 0 Å². The minimum atomic E-state index is -3.65. The predicted molar refractivity (Wildman–Crippen MR) is 109 cm³/mol. The van der Waals surface area contributed by atoms with Crippen molar-refractivity contribution in [2.24, 2.45) is 0 Å². The Morgan fingerprint density at radius 1 is 1.07 bits per heavy atom. The second-order valence-electron chi connectivity index (χ2n) is 6.53. The first-order valence-corrected chi connectivity index (χ1v) is 11.4. The van der Waals surface area contributed by atoms with E-state index in [1.54, 1.807) is 9.80 Å². The lowest BCUT2D eigenvalue weighted by Gasteiger charge is -2.34. The Labute approximate surface area is 174 Å². The molecule has 0 bridgehead atoms. The van der Waals surface area contributed by atoms with Crippen LogP contribution in [0.2, 0.25) is 0 Å². The molecule has 156 valence electrons. The quantitative estimate of drug-likeness (QED) is 0.701. The number of methoxy groups -OCH3 is 1. The van der Waals surface area contributed by atoms with Crippen molar-refractivity contribution in [3.8, 4) is 0 Å². The average Bonchev–Trinajstić information content (AvgIpc) is 3.26. The number of ether oxygens (including phenoxy) is 1. The Kier molecular flexibility index (Phi) is 7.01. The fourth-order valence-electron chi connectivity index (χ4n) is 3.00. The Morgan fingerprint density at radius 3 is 2.31 bits per heavy atom. The molecule has 0 spiro atoms. The predicted octanol–water partition coefficient (Wildman–Crippen LogP) is 1.16. The van der Waals surface area contributed by atoms with Crippen molar-refractivity contribution in [1.29, 1.82) is 0 Å². The molecular weight excluding hydrogens is 414 g/mol. The summed E-state index contributed by atoms with van der Waals surface area (Å²) in [7, 11) is -2.18. The molecule has 1 aromatic carbocycles. The topological polar surface area (TPSA) is 96.0 Å². The number of rotatable bonds is 7. The second kappa shape index (κ2) is 9.49. The minimum absolute atomic E-state index is 0.0321. The van der Waals surface area contributed by atoms with Crippen LogP contribution >= 0.6 is 11.3 Å². The molecule has 1 N–H and O–H groups in total. The number of sulfonamides is 1. The Hall–Kier alpha value is -2.27. The van der Waals surface area contributed by atoms with Gasteiger partial charge in [0.25, 0.3) is 5.91 Å². The third kappa shape index (κ3) is 5.41. The van der Waals surface area contributed by atoms with Crippen molar-refractivity contribution < 1.29 is 22.7 Å². The van der Waals surface area contributed by atoms with E-state index in [1.807, 2.05) is 17.5 Å². The van der Waals surface area contributed by atoms with Gasteiger partial charge in [0, 0.05) is 50.3 Å². The van der Waals surface area contributed by atoms with Crippen LogP contribution in [0.5, 0.6) is 0 Å². The molecule has 2 heterocycles. The molecule has 0 radical (unpaired) electrons. The van der Waals surface area contributed by atoms with Gasteiger partial charge < -0.3 is 14.5 Å². The molecular formula is C19H23N3O5S2. The van der Waals surface area contributed by atoms with Crippen molar-refractivity contribution in [2.75, 3.05) is 39.9 Å². The van der Waals surface area contributed by atoms with E-state index in [2.05, 4.69) is 4.72 Å². The number of benzene rings is 1. The van der Waals surface area contributed by atoms with Gasteiger partial charge in [-0.05, 0) is 35.7 Å². The standard InChI is InChI=1S/C19H23N3O5S2/c1-27-14-18(23)21-8-10-22(11-9-21)19(24)15-4-6-17(7-5-15)29(25,26)20-13-16-3-2-12-28-16/h2-7,12,20H,8-11,13-14H2,1H3. The van der Waals surface area contributed by atoms with E-state index >= 15 is 0 Å². The summed E-state index contributed by atoms with van der Waals surface area (Å²) in [6.07, 6.45) is 0. The van der Waals surface area contributed by atoms with Crippen molar-refractivity contribution in [1.82, 2.24) is 14.5 Å². The summed E-state index contributed by atoms with van der Waals surface area (Å²) in [6.45, 7) is 2.02. The largest absolute Gasteiger partial charge is 0.375 e. The first-order chi connectivity index (χ1) is 13.9. The zero-order valence-electron chi connectivity index (χ0n) is 16.0. The monoisotopic (exact) mass is 437 g/mol. The molecule has 0 atom stereocenters. The molecule has 2 amide bonds. The molecule has 0 aliphatic carbocycles. The SMILES string of the molecule is COCC(=O)N1CCN(C(=O)c2ccc(S(=O)(=O)NCc3cccs3)cc2)CC1. The first kappa shape index (κ1) is 21.4. The van der Waals surface area contributed by atoms with Crippen LogP contribution in [0.15, 0.2) is 46.7 Å². The van der Waals surface area contributed by atoms with E-state index in [9.17, 15) is 18.0 Å². The zero-order chi connectivity index (χ0) is 20.9. The van der Waals surface area contributed by atoms with E-state index < -0.39 is 10.0 Å². The first-order valence-electron chi connectivity index (χ1n) is 9.09. The van der Waals surface area contributed by atoms with Gasteiger partial charge in [0.15, 0.2) is 0 Å². The molecule has 3 rings (SSSR count). The molecule has 0 unspecified atom stereocenters. The minimum Gasteiger partial charge on any atom is -0.375 e. The number of nitrogens with one attached hydrogen (secondary N) is 1. The summed E-state index contributed by atoms with van der Waals surface area (Å²) in [5.41, 5.74) is 0.416. The van der Waals surface area contributed by atoms with E-state index in [0.29, 0.717) is 31.7 Å². The molecule has 0 saturated carbocycles. The van der Waals surface area contributed by atoms with Gasteiger partial charge in [-0.1, -0.05) is 6.07 Å². The number of piperazine rings is 1. The summed E-state index contributed by atoms with van der Waals surface area (Å²) < 4.78 is 32.2. The third-order valence-electron chi connectivity index (χ3n) is 4.62. The summed E-state index contributed by atoms with van der Waals surface area (Å²) in [6, 6.07) is 9.62. The van der Waals surface area contributed by atoms with Crippen LogP contribution in [-0.4, -0.2) is 69.9 Å². The number of carbonyl (C=O) groups excluding carboxylic acids is 2. The van der Waals surface area contributed by atoms with Gasteiger partial charge in [-0.3, -0.25) is 9.59 Å². The zero-order valence-corrected chi connectivity index (χ0v) is 17.7. The number of hydrogen-bond donors (Lipinski definition) is 1. The van der Waals surface area contributed by atoms with Crippen LogP contribution in [0.4, 0.5) is 0 Å². The van der Waals surface area contributed by atoms with E-state index in [4.69, 9.17) is 4.74 Å². The third-order valence-corrected chi connectivity index (χ3v) is 6.91. The highest BCUT2D eigenvalue weighted by Gasteiger charge is 2.25. The van der Waals surface area contributed by atoms with Gasteiger partial charge in [0.1, 0.15) is 6.61 Å². The molecule has 8 nitrogen and oxygen atoms in total. The van der Waals surface area contributed by atoms with Crippen molar-refractivity contribution >= 4 is 33.2 Å². The number of carbonyl (C=O) groups is 2. The molecule has 2 aromatic rings. The van der Waals surface area contributed by atoms with Crippen LogP contribution in [0, 0.1) is 0 Å². The number of nitrogens with zero attached hydrogens (tertiary/aromatic N) is 2. The summed E-state index contributed by atoms with van der Waals surface area (Å²) in [4.78, 5) is 28.9. The Bertz CT molecular complexity index is 935. The fraction of sp³-hybridized carbons (Fsp3) is 0.368. The molecule has 1 saturated heterocycles.